The summed E-state index contributed by atoms with van der Waals surface area (Å²) >= 11 is 0. The Morgan fingerprint density at radius 2 is 2.25 bits per heavy atom. The van der Waals surface area contributed by atoms with Crippen molar-refractivity contribution in [3.8, 4) is 0 Å². The molecule has 2 rings (SSSR count). The van der Waals surface area contributed by atoms with Crippen molar-refractivity contribution in [2.45, 2.75) is 64.6 Å². The molecule has 1 aromatic rings. The Kier molecular flexibility index (Phi) is 7.63. The number of nitrogens with two attached hydrogens (primary N) is 1. The molecule has 138 valence electrons. The van der Waals surface area contributed by atoms with E-state index in [1.807, 2.05) is 20.8 Å². The Bertz CT molecular complexity index is 535. The first-order chi connectivity index (χ1) is 10.8. The monoisotopic (exact) mass is 360 g/mol. The zero-order valence-electron chi connectivity index (χ0n) is 14.9. The molecule has 0 spiro atoms. The zero-order chi connectivity index (χ0) is 17.0. The predicted molar refractivity (Wildman–Crippen MR) is 92.6 cm³/mol. The Morgan fingerprint density at radius 3 is 2.88 bits per heavy atom. The third-order valence-corrected chi connectivity index (χ3v) is 4.57. The van der Waals surface area contributed by atoms with Gasteiger partial charge in [0.05, 0.1) is 12.5 Å². The van der Waals surface area contributed by atoms with Crippen molar-refractivity contribution in [1.82, 2.24) is 15.0 Å². The Hall–Kier alpha value is -1.18. The highest BCUT2D eigenvalue weighted by Crippen LogP contribution is 2.33. The molecule has 3 atom stereocenters. The molecule has 0 bridgehead atoms. The van der Waals surface area contributed by atoms with Crippen molar-refractivity contribution in [3.05, 3.63) is 11.7 Å². The van der Waals surface area contributed by atoms with Gasteiger partial charge in [-0.05, 0) is 33.6 Å². The van der Waals surface area contributed by atoms with Crippen LogP contribution in [0.5, 0.6) is 0 Å². The minimum atomic E-state index is -0.437. The summed E-state index contributed by atoms with van der Waals surface area (Å²) in [5.74, 6) is 0.819. The topological polar surface area (TPSA) is 94.5 Å². The summed E-state index contributed by atoms with van der Waals surface area (Å²) in [7, 11) is 1.75. The maximum absolute atomic E-state index is 12.7. The van der Waals surface area contributed by atoms with Crippen LogP contribution in [0.1, 0.15) is 64.3 Å². The molecular weight excluding hydrogens is 332 g/mol. The number of rotatable bonds is 6. The van der Waals surface area contributed by atoms with E-state index in [1.54, 1.807) is 11.9 Å². The second-order valence-corrected chi connectivity index (χ2v) is 6.64. The van der Waals surface area contributed by atoms with Crippen LogP contribution >= 0.6 is 12.4 Å². The average Bonchev–Trinajstić information content (AvgIpc) is 2.95. The van der Waals surface area contributed by atoms with E-state index >= 15 is 0 Å². The van der Waals surface area contributed by atoms with Crippen molar-refractivity contribution >= 4 is 18.3 Å². The fraction of sp³-hybridized carbons (Fsp3) is 0.812. The molecule has 1 heterocycles. The van der Waals surface area contributed by atoms with Crippen LogP contribution in [0.25, 0.3) is 0 Å². The van der Waals surface area contributed by atoms with Crippen molar-refractivity contribution in [3.63, 3.8) is 0 Å². The van der Waals surface area contributed by atoms with E-state index in [9.17, 15) is 4.79 Å². The molecular formula is C16H29ClN4O3. The van der Waals surface area contributed by atoms with E-state index in [0.717, 1.165) is 25.7 Å². The lowest BCUT2D eigenvalue weighted by molar-refractivity contribution is -0.138. The van der Waals surface area contributed by atoms with Crippen molar-refractivity contribution in [1.29, 1.82) is 0 Å². The fourth-order valence-electron chi connectivity index (χ4n) is 3.13. The minimum Gasteiger partial charge on any atom is -0.371 e. The minimum absolute atomic E-state index is 0. The highest BCUT2D eigenvalue weighted by Gasteiger charge is 2.39. The van der Waals surface area contributed by atoms with Crippen LogP contribution in [-0.4, -0.2) is 40.1 Å². The molecule has 0 saturated heterocycles. The lowest BCUT2D eigenvalue weighted by Crippen LogP contribution is -2.53. The van der Waals surface area contributed by atoms with Gasteiger partial charge in [-0.15, -0.1) is 12.4 Å². The Balaban J connectivity index is 0.00000288. The highest BCUT2D eigenvalue weighted by molar-refractivity contribution is 5.85. The second kappa shape index (κ2) is 8.78. The number of nitrogens with zero attached hydrogens (tertiary/aromatic N) is 3. The predicted octanol–water partition coefficient (Wildman–Crippen LogP) is 2.45. The molecule has 0 aliphatic heterocycles. The number of halogens is 1. The summed E-state index contributed by atoms with van der Waals surface area (Å²) in [5.41, 5.74) is 5.88. The van der Waals surface area contributed by atoms with E-state index in [0.29, 0.717) is 18.3 Å². The van der Waals surface area contributed by atoms with Crippen LogP contribution in [0.15, 0.2) is 4.52 Å². The van der Waals surface area contributed by atoms with Crippen LogP contribution in [0, 0.1) is 5.92 Å². The van der Waals surface area contributed by atoms with E-state index < -0.39 is 5.54 Å². The molecule has 1 aliphatic carbocycles. The lowest BCUT2D eigenvalue weighted by Gasteiger charge is -2.38. The van der Waals surface area contributed by atoms with Crippen molar-refractivity contribution < 1.29 is 14.1 Å². The lowest BCUT2D eigenvalue weighted by atomic mass is 9.74. The van der Waals surface area contributed by atoms with E-state index in [2.05, 4.69) is 10.1 Å². The van der Waals surface area contributed by atoms with Gasteiger partial charge in [-0.25, -0.2) is 0 Å². The summed E-state index contributed by atoms with van der Waals surface area (Å²) < 4.78 is 10.7. The van der Waals surface area contributed by atoms with Gasteiger partial charge in [0.15, 0.2) is 5.82 Å². The molecule has 1 fully saturated rings. The zero-order valence-corrected chi connectivity index (χ0v) is 15.8. The SMILES string of the molecule is CCOC(C)c1noc(CN(C)C(=O)C2CCCCC2(C)N)n1.Cl. The quantitative estimate of drug-likeness (QED) is 0.837. The molecule has 2 N–H and O–H groups in total. The van der Waals surface area contributed by atoms with Gasteiger partial charge in [0, 0.05) is 19.2 Å². The molecule has 24 heavy (non-hydrogen) atoms. The maximum atomic E-state index is 12.7. The molecule has 7 nitrogen and oxygen atoms in total. The summed E-state index contributed by atoms with van der Waals surface area (Å²) in [5, 5.41) is 3.91. The molecule has 1 aliphatic rings. The van der Waals surface area contributed by atoms with Crippen LogP contribution in [-0.2, 0) is 16.1 Å². The standard InChI is InChI=1S/C16H28N4O3.ClH/c1-5-22-11(2)14-18-13(23-19-14)10-20(4)15(21)12-8-6-7-9-16(12,3)17;/h11-12H,5-10,17H2,1-4H3;1H. The summed E-state index contributed by atoms with van der Waals surface area (Å²) in [6, 6.07) is 0. The number of carbonyl (C=O) groups excluding carboxylic acids is 1. The average molecular weight is 361 g/mol. The van der Waals surface area contributed by atoms with E-state index in [4.69, 9.17) is 15.0 Å². The first-order valence-corrected chi connectivity index (χ1v) is 8.33. The summed E-state index contributed by atoms with van der Waals surface area (Å²) in [4.78, 5) is 18.6. The van der Waals surface area contributed by atoms with Gasteiger partial charge in [-0.2, -0.15) is 4.98 Å². The summed E-state index contributed by atoms with van der Waals surface area (Å²) in [6.07, 6.45) is 3.64. The first-order valence-electron chi connectivity index (χ1n) is 8.33. The van der Waals surface area contributed by atoms with Gasteiger partial charge >= 0.3 is 0 Å². The number of amides is 1. The normalized spacial score (nSPS) is 25.0. The van der Waals surface area contributed by atoms with Gasteiger partial charge in [0.1, 0.15) is 6.10 Å². The Labute approximate surface area is 149 Å². The molecule has 8 heteroatoms. The third-order valence-electron chi connectivity index (χ3n) is 4.57. The molecule has 3 unspecified atom stereocenters. The first kappa shape index (κ1) is 20.9. The Morgan fingerprint density at radius 1 is 1.54 bits per heavy atom. The molecule has 0 radical (unpaired) electrons. The van der Waals surface area contributed by atoms with E-state index in [-0.39, 0.29) is 36.9 Å². The number of aromatic nitrogens is 2. The van der Waals surface area contributed by atoms with Crippen LogP contribution < -0.4 is 5.73 Å². The van der Waals surface area contributed by atoms with Crippen LogP contribution in [0.2, 0.25) is 0 Å². The number of carbonyl (C=O) groups is 1. The maximum Gasteiger partial charge on any atom is 0.246 e. The van der Waals surface area contributed by atoms with Gasteiger partial charge in [-0.3, -0.25) is 4.79 Å². The number of hydrogen-bond acceptors (Lipinski definition) is 6. The number of ether oxygens (including phenoxy) is 1. The number of hydrogen-bond donors (Lipinski definition) is 1. The van der Waals surface area contributed by atoms with Gasteiger partial charge < -0.3 is 19.9 Å². The van der Waals surface area contributed by atoms with Gasteiger partial charge in [0.2, 0.25) is 11.8 Å². The molecule has 1 amide bonds. The molecule has 0 aromatic carbocycles. The highest BCUT2D eigenvalue weighted by atomic mass is 35.5. The van der Waals surface area contributed by atoms with Gasteiger partial charge in [-0.1, -0.05) is 18.0 Å². The summed E-state index contributed by atoms with van der Waals surface area (Å²) in [6.45, 7) is 6.63. The molecule has 1 aromatic heterocycles. The van der Waals surface area contributed by atoms with Gasteiger partial charge in [0.25, 0.3) is 0 Å². The van der Waals surface area contributed by atoms with Crippen LogP contribution in [0.4, 0.5) is 0 Å². The largest absolute Gasteiger partial charge is 0.371 e. The second-order valence-electron chi connectivity index (χ2n) is 6.64. The van der Waals surface area contributed by atoms with Crippen molar-refractivity contribution in [2.75, 3.05) is 13.7 Å². The molecule has 1 saturated carbocycles. The third kappa shape index (κ3) is 4.91. The smallest absolute Gasteiger partial charge is 0.246 e. The van der Waals surface area contributed by atoms with Crippen LogP contribution in [0.3, 0.4) is 0 Å². The van der Waals surface area contributed by atoms with E-state index in [1.165, 1.54) is 0 Å². The van der Waals surface area contributed by atoms with Crippen molar-refractivity contribution in [2.24, 2.45) is 11.7 Å². The fourth-order valence-corrected chi connectivity index (χ4v) is 3.13.